The third-order valence-electron chi connectivity index (χ3n) is 6.10. The molecule has 0 bridgehead atoms. The van der Waals surface area contributed by atoms with E-state index >= 15 is 0 Å². The largest absolute Gasteiger partial charge is 0.298 e. The Morgan fingerprint density at radius 2 is 1.77 bits per heavy atom. The first-order valence-electron chi connectivity index (χ1n) is 11.5. The third-order valence-corrected chi connectivity index (χ3v) is 8.53. The molecule has 1 aromatic heterocycles. The molecule has 1 saturated heterocycles. The van der Waals surface area contributed by atoms with E-state index in [4.69, 9.17) is 12.2 Å². The van der Waals surface area contributed by atoms with Crippen molar-refractivity contribution in [1.82, 2.24) is 10.3 Å². The molecule has 40 heavy (non-hydrogen) atoms. The van der Waals surface area contributed by atoms with Crippen LogP contribution in [0.4, 0.5) is 17.1 Å². The van der Waals surface area contributed by atoms with E-state index < -0.39 is 21.7 Å². The maximum Gasteiger partial charge on any atom is 0.283 e. The summed E-state index contributed by atoms with van der Waals surface area (Å²) in [7, 11) is 0. The van der Waals surface area contributed by atoms with Gasteiger partial charge in [0.25, 0.3) is 23.2 Å². The van der Waals surface area contributed by atoms with E-state index in [0.717, 1.165) is 22.9 Å². The summed E-state index contributed by atoms with van der Waals surface area (Å²) in [6.07, 6.45) is 1.28. The second kappa shape index (κ2) is 10.6. The Labute approximate surface area is 239 Å². The zero-order valence-electron chi connectivity index (χ0n) is 20.7. The first-order valence-corrected chi connectivity index (χ1v) is 13.6. The number of carbonyl (C=O) groups excluding carboxylic acids is 2. The number of nitrogens with one attached hydrogen (secondary N) is 1. The van der Waals surface area contributed by atoms with Crippen molar-refractivity contribution in [3.05, 3.63) is 97.1 Å². The minimum absolute atomic E-state index is 0.0608. The normalized spacial score (nSPS) is 14.6. The molecule has 200 valence electrons. The molecule has 5 rings (SSSR count). The van der Waals surface area contributed by atoms with Gasteiger partial charge in [-0.25, -0.2) is 4.98 Å². The summed E-state index contributed by atoms with van der Waals surface area (Å²) in [6, 6.07) is 13.9. The average molecular weight is 592 g/mol. The number of nitro groups is 2. The number of thiazole rings is 1. The number of fused-ring (bicyclic) bond motifs is 1. The van der Waals surface area contributed by atoms with Crippen molar-refractivity contribution < 1.29 is 19.4 Å². The Kier molecular flexibility index (Phi) is 7.14. The molecule has 1 aliphatic heterocycles. The number of amides is 2. The maximum absolute atomic E-state index is 13.3. The lowest BCUT2D eigenvalue weighted by atomic mass is 10.0. The Morgan fingerprint density at radius 3 is 2.48 bits per heavy atom. The number of nitro benzene ring substituents is 2. The molecule has 0 unspecified atom stereocenters. The number of aryl methyl sites for hydroxylation is 2. The third kappa shape index (κ3) is 5.19. The molecular formula is C26H17N5O6S3. The van der Waals surface area contributed by atoms with Gasteiger partial charge in [-0.05, 0) is 73.1 Å². The van der Waals surface area contributed by atoms with Crippen LogP contribution < -0.4 is 10.2 Å². The van der Waals surface area contributed by atoms with Crippen molar-refractivity contribution in [3.8, 4) is 0 Å². The number of anilines is 1. The van der Waals surface area contributed by atoms with Crippen LogP contribution in [0.2, 0.25) is 0 Å². The fourth-order valence-electron chi connectivity index (χ4n) is 3.92. The second-order valence-corrected chi connectivity index (χ2v) is 11.4. The molecule has 0 radical (unpaired) electrons. The van der Waals surface area contributed by atoms with Crippen LogP contribution in [0, 0.1) is 34.1 Å². The van der Waals surface area contributed by atoms with E-state index in [9.17, 15) is 29.8 Å². The molecule has 3 aromatic carbocycles. The number of non-ortho nitro benzene ring substituents is 1. The molecule has 1 aliphatic rings. The van der Waals surface area contributed by atoms with E-state index in [1.165, 1.54) is 52.6 Å². The highest BCUT2D eigenvalue weighted by atomic mass is 32.2. The van der Waals surface area contributed by atoms with Gasteiger partial charge in [0.2, 0.25) is 0 Å². The van der Waals surface area contributed by atoms with Crippen LogP contribution in [-0.2, 0) is 9.59 Å². The van der Waals surface area contributed by atoms with Crippen LogP contribution in [0.25, 0.3) is 16.3 Å². The molecule has 0 spiro atoms. The first kappa shape index (κ1) is 27.1. The van der Waals surface area contributed by atoms with Crippen molar-refractivity contribution in [1.29, 1.82) is 0 Å². The van der Waals surface area contributed by atoms with Gasteiger partial charge in [0, 0.05) is 18.2 Å². The van der Waals surface area contributed by atoms with Crippen molar-refractivity contribution >= 4 is 85.6 Å². The topological polar surface area (TPSA) is 149 Å². The standard InChI is InChI=1S/C26H17N5O6S3/c1-13-3-5-16(9-14(13)2)29-24(33)18(23(32)28-25(29)38)10-15-4-8-21(20(11-15)31(36)37)39-26-27-19-7-6-17(30(34)35)12-22(19)40-26/h3-12H,1-2H3,(H,28,32,38)/b18-10+. The highest BCUT2D eigenvalue weighted by Crippen LogP contribution is 2.40. The SMILES string of the molecule is Cc1ccc(N2C(=O)/C(=C/c3ccc(Sc4nc5ccc([N+](=O)[O-])cc5s4)c([N+](=O)[O-])c3)C(=O)NC2=S)cc1C. The monoisotopic (exact) mass is 591 g/mol. The molecule has 4 aromatic rings. The quantitative estimate of drug-likeness (QED) is 0.0978. The highest BCUT2D eigenvalue weighted by molar-refractivity contribution is 8.01. The smallest absolute Gasteiger partial charge is 0.283 e. The van der Waals surface area contributed by atoms with Gasteiger partial charge in [-0.15, -0.1) is 11.3 Å². The van der Waals surface area contributed by atoms with Crippen molar-refractivity contribution in [2.45, 2.75) is 23.1 Å². The van der Waals surface area contributed by atoms with Gasteiger partial charge in [0.15, 0.2) is 9.45 Å². The molecule has 1 fully saturated rings. The van der Waals surface area contributed by atoms with Crippen LogP contribution in [0.15, 0.2) is 69.4 Å². The minimum atomic E-state index is -0.709. The highest BCUT2D eigenvalue weighted by Gasteiger charge is 2.34. The van der Waals surface area contributed by atoms with E-state index in [0.29, 0.717) is 20.2 Å². The first-order chi connectivity index (χ1) is 19.0. The molecule has 0 atom stereocenters. The number of benzene rings is 3. The molecular weight excluding hydrogens is 575 g/mol. The number of rotatable bonds is 6. The van der Waals surface area contributed by atoms with Gasteiger partial charge in [-0.2, -0.15) is 0 Å². The van der Waals surface area contributed by atoms with Gasteiger partial charge < -0.3 is 0 Å². The lowest BCUT2D eigenvalue weighted by molar-refractivity contribution is -0.387. The summed E-state index contributed by atoms with van der Waals surface area (Å²) in [5, 5.41) is 25.4. The summed E-state index contributed by atoms with van der Waals surface area (Å²) in [4.78, 5) is 53.9. The lowest BCUT2D eigenvalue weighted by Crippen LogP contribution is -2.54. The van der Waals surface area contributed by atoms with Gasteiger partial charge in [-0.3, -0.25) is 40.0 Å². The van der Waals surface area contributed by atoms with Crippen molar-refractivity contribution in [2.75, 3.05) is 4.90 Å². The molecule has 0 saturated carbocycles. The molecule has 11 nitrogen and oxygen atoms in total. The number of thiocarbonyl (C=S) groups is 1. The number of carbonyl (C=O) groups is 2. The summed E-state index contributed by atoms with van der Waals surface area (Å²) in [5.74, 6) is -1.36. The van der Waals surface area contributed by atoms with E-state index in [2.05, 4.69) is 10.3 Å². The fraction of sp³-hybridized carbons (Fsp3) is 0.0769. The van der Waals surface area contributed by atoms with Crippen LogP contribution in [0.1, 0.15) is 16.7 Å². The molecule has 0 aliphatic carbocycles. The summed E-state index contributed by atoms with van der Waals surface area (Å²) in [6.45, 7) is 3.82. The Hall–Kier alpha value is -4.53. The molecule has 2 heterocycles. The van der Waals surface area contributed by atoms with Gasteiger partial charge >= 0.3 is 0 Å². The lowest BCUT2D eigenvalue weighted by Gasteiger charge is -2.29. The van der Waals surface area contributed by atoms with E-state index in [-0.39, 0.29) is 32.5 Å². The van der Waals surface area contributed by atoms with Crippen LogP contribution >= 0.6 is 35.3 Å². The zero-order valence-corrected chi connectivity index (χ0v) is 23.2. The van der Waals surface area contributed by atoms with Crippen LogP contribution in [0.5, 0.6) is 0 Å². The average Bonchev–Trinajstić information content (AvgIpc) is 3.30. The summed E-state index contributed by atoms with van der Waals surface area (Å²) >= 11 is 7.47. The molecule has 1 N–H and O–H groups in total. The Balaban J connectivity index is 1.47. The predicted molar refractivity (Wildman–Crippen MR) is 156 cm³/mol. The summed E-state index contributed by atoms with van der Waals surface area (Å²) < 4.78 is 1.04. The minimum Gasteiger partial charge on any atom is -0.298 e. The fourth-order valence-corrected chi connectivity index (χ4v) is 6.34. The van der Waals surface area contributed by atoms with Crippen molar-refractivity contribution in [2.24, 2.45) is 0 Å². The van der Waals surface area contributed by atoms with Crippen LogP contribution in [0.3, 0.4) is 0 Å². The van der Waals surface area contributed by atoms with Crippen LogP contribution in [-0.4, -0.2) is 31.8 Å². The number of hydrogen-bond acceptors (Lipinski definition) is 10. The molecule has 14 heteroatoms. The van der Waals surface area contributed by atoms with E-state index in [1.807, 2.05) is 19.9 Å². The Bertz CT molecular complexity index is 1820. The molecule has 2 amide bonds. The van der Waals surface area contributed by atoms with Gasteiger partial charge in [0.05, 0.1) is 30.6 Å². The number of aromatic nitrogens is 1. The second-order valence-electron chi connectivity index (χ2n) is 8.70. The predicted octanol–water partition coefficient (Wildman–Crippen LogP) is 5.71. The number of nitrogens with zero attached hydrogens (tertiary/aromatic N) is 4. The Morgan fingerprint density at radius 1 is 1.00 bits per heavy atom. The number of hydrogen-bond donors (Lipinski definition) is 1. The zero-order chi connectivity index (χ0) is 28.7. The van der Waals surface area contributed by atoms with E-state index in [1.54, 1.807) is 18.2 Å². The van der Waals surface area contributed by atoms with Gasteiger partial charge in [-0.1, -0.05) is 23.9 Å². The van der Waals surface area contributed by atoms with Gasteiger partial charge in [0.1, 0.15) is 5.57 Å². The van der Waals surface area contributed by atoms with Crippen molar-refractivity contribution in [3.63, 3.8) is 0 Å². The maximum atomic E-state index is 13.3. The summed E-state index contributed by atoms with van der Waals surface area (Å²) in [5.41, 5.74) is 2.70.